The third kappa shape index (κ3) is 13.5. The van der Waals surface area contributed by atoms with Crippen molar-refractivity contribution >= 4 is 38.3 Å². The van der Waals surface area contributed by atoms with E-state index in [-0.39, 0.29) is 29.8 Å². The number of fused-ring (bicyclic) bond motifs is 1. The molecule has 268 valence electrons. The molecule has 1 heterocycles. The fourth-order valence-electron chi connectivity index (χ4n) is 4.93. The number of halogens is 4. The predicted molar refractivity (Wildman–Crippen MR) is 188 cm³/mol. The van der Waals surface area contributed by atoms with E-state index in [1.165, 1.54) is 35.3 Å². The highest BCUT2D eigenvalue weighted by atomic mass is 31.0. The number of aryl methyl sites for hydroxylation is 2. The Morgan fingerprint density at radius 1 is 1.10 bits per heavy atom. The van der Waals surface area contributed by atoms with Crippen molar-refractivity contribution in [1.29, 1.82) is 0 Å². The van der Waals surface area contributed by atoms with Crippen LogP contribution in [0.1, 0.15) is 75.6 Å². The number of ether oxygens (including phenoxy) is 2. The lowest BCUT2D eigenvalue weighted by atomic mass is 9.86. The molecule has 0 aliphatic carbocycles. The number of H-pyrrole nitrogens is 1. The van der Waals surface area contributed by atoms with E-state index >= 15 is 0 Å². The molecule has 8 nitrogen and oxygen atoms in total. The average molecular weight is 699 g/mol. The molecule has 3 aromatic rings. The maximum atomic E-state index is 13.4. The number of carbonyl (C=O) groups is 2. The second-order valence-corrected chi connectivity index (χ2v) is 12.5. The summed E-state index contributed by atoms with van der Waals surface area (Å²) in [6.07, 6.45) is 4.61. The highest BCUT2D eigenvalue weighted by Crippen LogP contribution is 2.33. The summed E-state index contributed by atoms with van der Waals surface area (Å²) in [6, 6.07) is 5.38. The third-order valence-corrected chi connectivity index (χ3v) is 8.31. The Hall–Kier alpha value is -3.50. The zero-order chi connectivity index (χ0) is 36.6. The Kier molecular flexibility index (Phi) is 18.4. The van der Waals surface area contributed by atoms with Gasteiger partial charge in [0.05, 0.1) is 12.6 Å². The van der Waals surface area contributed by atoms with E-state index in [1.54, 1.807) is 40.0 Å². The number of hydrogen-bond donors (Lipinski definition) is 3. The summed E-state index contributed by atoms with van der Waals surface area (Å²) in [5, 5.41) is 4.91. The second-order valence-electron chi connectivity index (χ2n) is 11.8. The van der Waals surface area contributed by atoms with Crippen molar-refractivity contribution in [2.75, 3.05) is 32.7 Å². The summed E-state index contributed by atoms with van der Waals surface area (Å²) >= 11 is 0. The topological polar surface area (TPSA) is 105 Å². The number of benzene rings is 2. The molecule has 2 aromatic carbocycles. The maximum Gasteiger partial charge on any atom is 0.280 e. The summed E-state index contributed by atoms with van der Waals surface area (Å²) in [7, 11) is 4.69. The number of nitrogens with zero attached hydrogens (tertiary/aromatic N) is 1. The van der Waals surface area contributed by atoms with Gasteiger partial charge in [0.25, 0.3) is 11.6 Å². The van der Waals surface area contributed by atoms with E-state index in [1.807, 2.05) is 0 Å². The van der Waals surface area contributed by atoms with Crippen LogP contribution in [0.15, 0.2) is 35.9 Å². The molecular weight excluding hydrogens is 647 g/mol. The molecule has 0 saturated heterocycles. The van der Waals surface area contributed by atoms with Crippen LogP contribution in [-0.2, 0) is 9.53 Å². The first-order chi connectivity index (χ1) is 22.5. The van der Waals surface area contributed by atoms with E-state index in [0.29, 0.717) is 40.5 Å². The van der Waals surface area contributed by atoms with Crippen molar-refractivity contribution in [3.63, 3.8) is 0 Å². The number of imidazole rings is 1. The van der Waals surface area contributed by atoms with Crippen LogP contribution >= 0.6 is 9.24 Å². The standard InChI is InChI=1S/C17H15F2N3O2.C11H24O.C7H12F2NOP/c1-8-6-10(18)11(19)7-13(8)22-17(23)15-14(24-3)5-4-12-16(15)21-9(2)20-12;1-6-10(3)11(4)7-9(2)8-12-5;1-2-6(7(8,9)12)3-4-10-5-11/h4-7H,1-3H3,(H,20,21)(H,22,23);9-11H,6-8H2,1-5H3;2,5H,3-4,12H2,1H3,(H,10,11)/b;;6-2+. The number of anilines is 1. The number of amides is 2. The van der Waals surface area contributed by atoms with Gasteiger partial charge in [0.1, 0.15) is 22.7 Å². The summed E-state index contributed by atoms with van der Waals surface area (Å²) < 4.78 is 62.2. The van der Waals surface area contributed by atoms with Crippen molar-refractivity contribution < 1.29 is 36.6 Å². The number of methoxy groups -OCH3 is 2. The van der Waals surface area contributed by atoms with Crippen LogP contribution in [0.5, 0.6) is 5.75 Å². The van der Waals surface area contributed by atoms with E-state index < -0.39 is 23.2 Å². The molecule has 48 heavy (non-hydrogen) atoms. The number of hydrogen-bond acceptors (Lipinski definition) is 5. The van der Waals surface area contributed by atoms with Crippen molar-refractivity contribution in [1.82, 2.24) is 15.3 Å². The highest BCUT2D eigenvalue weighted by molar-refractivity contribution is 7.18. The number of aromatic amines is 1. The number of alkyl halides is 2. The van der Waals surface area contributed by atoms with Crippen molar-refractivity contribution in [2.24, 2.45) is 17.8 Å². The quantitative estimate of drug-likeness (QED) is 0.0514. The van der Waals surface area contributed by atoms with Gasteiger partial charge in [-0.15, -0.1) is 0 Å². The molecule has 4 atom stereocenters. The SMILES string of the molecule is C/C=C(\CCNC=O)C(F)(F)P.CCC(C)C(C)CC(C)COC.COc1ccc2[nH]c(C)nc2c1C(=O)Nc1cc(F)c(F)cc1C. The van der Waals surface area contributed by atoms with E-state index in [0.717, 1.165) is 30.6 Å². The van der Waals surface area contributed by atoms with Crippen LogP contribution < -0.4 is 15.4 Å². The van der Waals surface area contributed by atoms with Gasteiger partial charge in [-0.3, -0.25) is 9.59 Å². The number of aromatic nitrogens is 2. The number of rotatable bonds is 14. The minimum Gasteiger partial charge on any atom is -0.496 e. The van der Waals surface area contributed by atoms with Gasteiger partial charge in [-0.2, -0.15) is 8.78 Å². The fraction of sp³-hybridized carbons (Fsp3) is 0.514. The summed E-state index contributed by atoms with van der Waals surface area (Å²) in [6.45, 7) is 15.3. The molecular formula is C35H51F4N4O4P. The van der Waals surface area contributed by atoms with E-state index in [2.05, 4.69) is 48.3 Å². The summed E-state index contributed by atoms with van der Waals surface area (Å²) in [5.74, 6) is 0.870. The normalized spacial score (nSPS) is 13.3. The molecule has 3 N–H and O–H groups in total. The molecule has 1 aromatic heterocycles. The minimum absolute atomic E-state index is 0.0156. The zero-order valence-corrected chi connectivity index (χ0v) is 30.6. The van der Waals surface area contributed by atoms with Crippen molar-refractivity contribution in [3.8, 4) is 5.75 Å². The van der Waals surface area contributed by atoms with Gasteiger partial charge < -0.3 is 25.1 Å². The lowest BCUT2D eigenvalue weighted by molar-refractivity contribution is -0.109. The highest BCUT2D eigenvalue weighted by Gasteiger charge is 2.26. The zero-order valence-electron chi connectivity index (χ0n) is 29.4. The van der Waals surface area contributed by atoms with Crippen molar-refractivity contribution in [2.45, 2.75) is 73.4 Å². The Labute approximate surface area is 284 Å². The van der Waals surface area contributed by atoms with Crippen LogP contribution in [0.2, 0.25) is 0 Å². The van der Waals surface area contributed by atoms with Gasteiger partial charge in [-0.05, 0) is 80.7 Å². The number of nitrogens with one attached hydrogen (secondary N) is 3. The van der Waals surface area contributed by atoms with Crippen LogP contribution in [-0.4, -0.2) is 55.3 Å². The van der Waals surface area contributed by atoms with Crippen molar-refractivity contribution in [3.05, 3.63) is 64.5 Å². The van der Waals surface area contributed by atoms with Gasteiger partial charge >= 0.3 is 0 Å². The molecule has 0 fully saturated rings. The minimum atomic E-state index is -2.86. The Bertz CT molecular complexity index is 1490. The third-order valence-electron chi connectivity index (χ3n) is 7.94. The smallest absolute Gasteiger partial charge is 0.280 e. The molecule has 3 rings (SSSR count). The Morgan fingerprint density at radius 2 is 1.75 bits per heavy atom. The van der Waals surface area contributed by atoms with Crippen LogP contribution in [0.25, 0.3) is 11.0 Å². The largest absolute Gasteiger partial charge is 0.496 e. The van der Waals surface area contributed by atoms with Crippen LogP contribution in [0, 0.1) is 43.2 Å². The summed E-state index contributed by atoms with van der Waals surface area (Å²) in [4.78, 5) is 29.9. The number of carbonyl (C=O) groups excluding carboxylic acids is 2. The molecule has 0 aliphatic rings. The first-order valence-electron chi connectivity index (χ1n) is 15.8. The predicted octanol–water partition coefficient (Wildman–Crippen LogP) is 8.60. The molecule has 13 heteroatoms. The van der Waals surface area contributed by atoms with Crippen LogP contribution in [0.3, 0.4) is 0 Å². The first-order valence-corrected chi connectivity index (χ1v) is 16.4. The van der Waals surface area contributed by atoms with Gasteiger partial charge in [0.2, 0.25) is 6.41 Å². The Morgan fingerprint density at radius 3 is 2.29 bits per heavy atom. The molecule has 0 saturated carbocycles. The van der Waals surface area contributed by atoms with Gasteiger partial charge in [0, 0.05) is 32.0 Å². The second kappa shape index (κ2) is 20.8. The van der Waals surface area contributed by atoms with E-state index in [4.69, 9.17) is 9.47 Å². The summed E-state index contributed by atoms with van der Waals surface area (Å²) in [5.41, 5.74) is -0.897. The first kappa shape index (κ1) is 42.5. The van der Waals surface area contributed by atoms with Crippen LogP contribution in [0.4, 0.5) is 23.2 Å². The molecule has 0 bridgehead atoms. The number of allylic oxidation sites excluding steroid dienone is 1. The monoisotopic (exact) mass is 698 g/mol. The molecule has 4 unspecified atom stereocenters. The fourth-order valence-corrected chi connectivity index (χ4v) is 5.24. The van der Waals surface area contributed by atoms with Gasteiger partial charge in [0.15, 0.2) is 11.6 Å². The lowest BCUT2D eigenvalue weighted by Crippen LogP contribution is -2.17. The molecule has 2 amide bonds. The molecule has 0 spiro atoms. The maximum absolute atomic E-state index is 13.4. The van der Waals surface area contributed by atoms with Gasteiger partial charge in [-0.1, -0.05) is 49.4 Å². The lowest BCUT2D eigenvalue weighted by Gasteiger charge is -2.21. The molecule has 0 radical (unpaired) electrons. The Balaban J connectivity index is 0.000000407. The van der Waals surface area contributed by atoms with Gasteiger partial charge in [-0.25, -0.2) is 13.8 Å². The van der Waals surface area contributed by atoms with E-state index in [9.17, 15) is 27.2 Å². The average Bonchev–Trinajstić information content (AvgIpc) is 3.41. The molecule has 0 aliphatic heterocycles.